The number of urea groups is 1. The van der Waals surface area contributed by atoms with Gasteiger partial charge in [-0.15, -0.1) is 0 Å². The SMILES string of the molecule is CCC(c1nc2ccccc2c(=O)n1CC)N(Cc1ccccc1)C(=O)Nc1ccc(C)cc1. The molecule has 1 N–H and O–H groups in total. The molecule has 6 heteroatoms. The fraction of sp³-hybridized carbons (Fsp3) is 0.250. The molecule has 4 rings (SSSR count). The van der Waals surface area contributed by atoms with Crippen LogP contribution in [0.5, 0.6) is 0 Å². The van der Waals surface area contributed by atoms with E-state index < -0.39 is 0 Å². The van der Waals surface area contributed by atoms with Crippen LogP contribution in [0.15, 0.2) is 83.7 Å². The number of amides is 2. The van der Waals surface area contributed by atoms with Gasteiger partial charge in [-0.1, -0.05) is 67.1 Å². The maximum Gasteiger partial charge on any atom is 0.322 e. The molecule has 1 aromatic heterocycles. The number of carbonyl (C=O) groups excluding carboxylic acids is 1. The summed E-state index contributed by atoms with van der Waals surface area (Å²) in [6.45, 7) is 6.83. The lowest BCUT2D eigenvalue weighted by molar-refractivity contribution is 0.175. The van der Waals surface area contributed by atoms with Crippen LogP contribution in [0.2, 0.25) is 0 Å². The number of anilines is 1. The van der Waals surface area contributed by atoms with Gasteiger partial charge in [-0.25, -0.2) is 9.78 Å². The van der Waals surface area contributed by atoms with E-state index in [1.165, 1.54) is 0 Å². The smallest absolute Gasteiger partial charge is 0.310 e. The summed E-state index contributed by atoms with van der Waals surface area (Å²) in [5.41, 5.74) is 3.41. The van der Waals surface area contributed by atoms with Crippen LogP contribution in [0, 0.1) is 6.92 Å². The quantitative estimate of drug-likeness (QED) is 0.377. The highest BCUT2D eigenvalue weighted by Gasteiger charge is 2.28. The lowest BCUT2D eigenvalue weighted by Crippen LogP contribution is -2.40. The Morgan fingerprint density at radius 3 is 2.32 bits per heavy atom. The molecule has 0 bridgehead atoms. The van der Waals surface area contributed by atoms with E-state index >= 15 is 0 Å². The number of aryl methyl sites for hydroxylation is 1. The van der Waals surface area contributed by atoms with Crippen LogP contribution in [0.3, 0.4) is 0 Å². The second-order valence-corrected chi connectivity index (χ2v) is 8.37. The van der Waals surface area contributed by atoms with E-state index in [4.69, 9.17) is 4.98 Å². The third-order valence-electron chi connectivity index (χ3n) is 6.03. The molecule has 1 unspecified atom stereocenters. The van der Waals surface area contributed by atoms with Gasteiger partial charge in [0.2, 0.25) is 0 Å². The Morgan fingerprint density at radius 1 is 0.971 bits per heavy atom. The number of hydrogen-bond donors (Lipinski definition) is 1. The molecular weight excluding hydrogens is 424 g/mol. The molecule has 0 fully saturated rings. The maximum atomic E-state index is 13.6. The van der Waals surface area contributed by atoms with Gasteiger partial charge in [-0.2, -0.15) is 0 Å². The summed E-state index contributed by atoms with van der Waals surface area (Å²) in [5.74, 6) is 0.601. The van der Waals surface area contributed by atoms with E-state index in [0.717, 1.165) is 16.8 Å². The molecule has 2 amide bonds. The molecule has 174 valence electrons. The van der Waals surface area contributed by atoms with Crippen LogP contribution in [0.4, 0.5) is 10.5 Å². The number of rotatable bonds is 7. The number of fused-ring (bicyclic) bond motifs is 1. The maximum absolute atomic E-state index is 13.6. The van der Waals surface area contributed by atoms with Crippen LogP contribution in [-0.2, 0) is 13.1 Å². The van der Waals surface area contributed by atoms with Crippen molar-refractivity contribution in [2.45, 2.75) is 46.3 Å². The molecule has 0 radical (unpaired) electrons. The molecule has 0 saturated carbocycles. The van der Waals surface area contributed by atoms with Crippen molar-refractivity contribution in [3.63, 3.8) is 0 Å². The normalized spacial score (nSPS) is 11.9. The van der Waals surface area contributed by atoms with Gasteiger partial charge in [0.05, 0.1) is 16.9 Å². The number of carbonyl (C=O) groups is 1. The summed E-state index contributed by atoms with van der Waals surface area (Å²) in [5, 5.41) is 3.62. The van der Waals surface area contributed by atoms with Gasteiger partial charge < -0.3 is 10.2 Å². The van der Waals surface area contributed by atoms with Gasteiger partial charge in [0.25, 0.3) is 5.56 Å². The molecule has 3 aromatic carbocycles. The number of nitrogens with zero attached hydrogens (tertiary/aromatic N) is 3. The highest BCUT2D eigenvalue weighted by molar-refractivity contribution is 5.89. The zero-order valence-electron chi connectivity index (χ0n) is 19.9. The zero-order valence-corrected chi connectivity index (χ0v) is 19.9. The number of aromatic nitrogens is 2. The lowest BCUT2D eigenvalue weighted by Gasteiger charge is -2.32. The summed E-state index contributed by atoms with van der Waals surface area (Å²) in [7, 11) is 0. The molecule has 0 saturated heterocycles. The number of para-hydroxylation sites is 1. The third kappa shape index (κ3) is 4.86. The predicted octanol–water partition coefficient (Wildman–Crippen LogP) is 5.91. The average Bonchev–Trinajstić information content (AvgIpc) is 2.86. The first-order valence-electron chi connectivity index (χ1n) is 11.7. The Balaban J connectivity index is 1.79. The van der Waals surface area contributed by atoms with Gasteiger partial charge in [-0.3, -0.25) is 9.36 Å². The van der Waals surface area contributed by atoms with Crippen LogP contribution in [-0.4, -0.2) is 20.5 Å². The molecule has 1 heterocycles. The van der Waals surface area contributed by atoms with E-state index in [0.29, 0.717) is 36.2 Å². The van der Waals surface area contributed by atoms with Gasteiger partial charge >= 0.3 is 6.03 Å². The van der Waals surface area contributed by atoms with E-state index in [-0.39, 0.29) is 17.6 Å². The Kier molecular flexibility index (Phi) is 7.07. The molecule has 0 aliphatic carbocycles. The first-order valence-corrected chi connectivity index (χ1v) is 11.7. The first-order chi connectivity index (χ1) is 16.5. The summed E-state index contributed by atoms with van der Waals surface area (Å²) >= 11 is 0. The second-order valence-electron chi connectivity index (χ2n) is 8.37. The molecule has 0 spiro atoms. The van der Waals surface area contributed by atoms with Crippen LogP contribution in [0.1, 0.15) is 43.3 Å². The summed E-state index contributed by atoms with van der Waals surface area (Å²) < 4.78 is 1.69. The van der Waals surface area contributed by atoms with Crippen molar-refractivity contribution >= 4 is 22.6 Å². The largest absolute Gasteiger partial charge is 0.322 e. The van der Waals surface area contributed by atoms with E-state index in [2.05, 4.69) is 5.32 Å². The Labute approximate surface area is 199 Å². The lowest BCUT2D eigenvalue weighted by atomic mass is 10.1. The topological polar surface area (TPSA) is 67.2 Å². The highest BCUT2D eigenvalue weighted by Crippen LogP contribution is 2.27. The van der Waals surface area contributed by atoms with Crippen molar-refractivity contribution in [3.05, 3.63) is 106 Å². The van der Waals surface area contributed by atoms with Crippen molar-refractivity contribution < 1.29 is 4.79 Å². The second kappa shape index (κ2) is 10.3. The van der Waals surface area contributed by atoms with Crippen molar-refractivity contribution in [2.75, 3.05) is 5.32 Å². The monoisotopic (exact) mass is 454 g/mol. The van der Waals surface area contributed by atoms with Gasteiger partial charge in [0, 0.05) is 18.8 Å². The van der Waals surface area contributed by atoms with Gasteiger partial charge in [0.15, 0.2) is 0 Å². The predicted molar refractivity (Wildman–Crippen MR) is 137 cm³/mol. The molecule has 34 heavy (non-hydrogen) atoms. The first kappa shape index (κ1) is 23.2. The van der Waals surface area contributed by atoms with Gasteiger partial charge in [-0.05, 0) is 50.1 Å². The minimum absolute atomic E-state index is 0.0832. The van der Waals surface area contributed by atoms with E-state index in [1.54, 1.807) is 15.5 Å². The van der Waals surface area contributed by atoms with Crippen LogP contribution < -0.4 is 10.9 Å². The van der Waals surface area contributed by atoms with Crippen molar-refractivity contribution in [1.82, 2.24) is 14.5 Å². The number of benzene rings is 3. The Hall–Kier alpha value is -3.93. The highest BCUT2D eigenvalue weighted by atomic mass is 16.2. The van der Waals surface area contributed by atoms with Crippen molar-refractivity contribution in [3.8, 4) is 0 Å². The fourth-order valence-corrected chi connectivity index (χ4v) is 4.22. The number of hydrogen-bond acceptors (Lipinski definition) is 3. The van der Waals surface area contributed by atoms with Crippen LogP contribution >= 0.6 is 0 Å². The van der Waals surface area contributed by atoms with Crippen molar-refractivity contribution in [2.24, 2.45) is 0 Å². The summed E-state index contributed by atoms with van der Waals surface area (Å²) in [6, 6.07) is 24.3. The molecule has 0 aliphatic rings. The Morgan fingerprint density at radius 2 is 1.65 bits per heavy atom. The third-order valence-corrected chi connectivity index (χ3v) is 6.03. The average molecular weight is 455 g/mol. The molecule has 6 nitrogen and oxygen atoms in total. The molecule has 1 atom stereocenters. The van der Waals surface area contributed by atoms with Crippen LogP contribution in [0.25, 0.3) is 10.9 Å². The van der Waals surface area contributed by atoms with Crippen molar-refractivity contribution in [1.29, 1.82) is 0 Å². The van der Waals surface area contributed by atoms with E-state index in [1.807, 2.05) is 93.6 Å². The van der Waals surface area contributed by atoms with Gasteiger partial charge in [0.1, 0.15) is 5.82 Å². The minimum Gasteiger partial charge on any atom is -0.310 e. The molecular formula is C28H30N4O2. The minimum atomic E-state index is -0.386. The Bertz CT molecular complexity index is 1330. The standard InChI is InChI=1S/C28H30N4O2/c1-4-25(26-30-24-14-10-9-13-23(24)27(33)31(26)5-2)32(19-21-11-7-6-8-12-21)28(34)29-22-17-15-20(3)16-18-22/h6-18,25H,4-5,19H2,1-3H3,(H,29,34). The fourth-order valence-electron chi connectivity index (χ4n) is 4.22. The zero-order chi connectivity index (χ0) is 24.1. The van der Waals surface area contributed by atoms with E-state index in [9.17, 15) is 9.59 Å². The summed E-state index contributed by atoms with van der Waals surface area (Å²) in [6.07, 6.45) is 0.610. The molecule has 4 aromatic rings. The number of nitrogens with one attached hydrogen (secondary N) is 1. The summed E-state index contributed by atoms with van der Waals surface area (Å²) in [4.78, 5) is 33.6. The molecule has 0 aliphatic heterocycles.